The third-order valence-corrected chi connectivity index (χ3v) is 6.22. The van der Waals surface area contributed by atoms with E-state index in [0.717, 1.165) is 18.1 Å². The van der Waals surface area contributed by atoms with Crippen LogP contribution in [0.5, 0.6) is 0 Å². The van der Waals surface area contributed by atoms with Crippen LogP contribution in [-0.4, -0.2) is 36.6 Å². The molecule has 2 atom stereocenters. The number of piperidine rings is 1. The molecule has 0 aromatic heterocycles. The number of rotatable bonds is 4. The summed E-state index contributed by atoms with van der Waals surface area (Å²) in [5.41, 5.74) is 0.688. The number of fused-ring (bicyclic) bond motifs is 2. The molecule has 2 heterocycles. The third-order valence-electron chi connectivity index (χ3n) is 6.22. The summed E-state index contributed by atoms with van der Waals surface area (Å²) in [4.78, 5) is 2.92. The maximum atomic E-state index is 3.52. The Hall–Kier alpha value is -0.0800. The van der Waals surface area contributed by atoms with Gasteiger partial charge in [-0.3, -0.25) is 4.90 Å². The highest BCUT2D eigenvalue weighted by Crippen LogP contribution is 2.45. The molecule has 0 radical (unpaired) electrons. The summed E-state index contributed by atoms with van der Waals surface area (Å²) >= 11 is 0. The molecular weight excluding hydrogens is 220 g/mol. The van der Waals surface area contributed by atoms with Crippen LogP contribution < -0.4 is 5.32 Å². The zero-order valence-corrected chi connectivity index (χ0v) is 12.3. The van der Waals surface area contributed by atoms with E-state index in [1.807, 2.05) is 0 Å². The molecule has 0 amide bonds. The largest absolute Gasteiger partial charge is 0.317 e. The first-order valence-corrected chi connectivity index (χ1v) is 8.19. The van der Waals surface area contributed by atoms with Crippen molar-refractivity contribution >= 4 is 0 Å². The standard InChI is InChI=1S/C16H30N2/c1-3-16(8-4-5-9-16)12-18-14-6-7-15(18)11-13(10-14)17-2/h13-15,17H,3-12H2,1-2H3. The van der Waals surface area contributed by atoms with Crippen molar-refractivity contribution in [2.24, 2.45) is 5.41 Å². The molecule has 0 spiro atoms. The van der Waals surface area contributed by atoms with E-state index in [1.165, 1.54) is 64.3 Å². The molecule has 3 aliphatic rings. The maximum Gasteiger partial charge on any atom is 0.0114 e. The van der Waals surface area contributed by atoms with Crippen LogP contribution in [0.4, 0.5) is 0 Å². The second kappa shape index (κ2) is 5.13. The summed E-state index contributed by atoms with van der Waals surface area (Å²) < 4.78 is 0. The minimum absolute atomic E-state index is 0.688. The Labute approximate surface area is 113 Å². The molecule has 0 aromatic rings. The lowest BCUT2D eigenvalue weighted by Gasteiger charge is -2.43. The predicted octanol–water partition coefficient (Wildman–Crippen LogP) is 3.17. The van der Waals surface area contributed by atoms with Crippen LogP contribution in [0.1, 0.15) is 64.7 Å². The summed E-state index contributed by atoms with van der Waals surface area (Å²) in [6, 6.07) is 2.58. The predicted molar refractivity (Wildman–Crippen MR) is 76.8 cm³/mol. The van der Waals surface area contributed by atoms with E-state index in [9.17, 15) is 0 Å². The van der Waals surface area contributed by atoms with E-state index < -0.39 is 0 Å². The van der Waals surface area contributed by atoms with Crippen molar-refractivity contribution in [2.75, 3.05) is 13.6 Å². The number of hydrogen-bond donors (Lipinski definition) is 1. The van der Waals surface area contributed by atoms with E-state index in [4.69, 9.17) is 0 Å². The Bertz CT molecular complexity index is 269. The minimum atomic E-state index is 0.688. The second-order valence-corrected chi connectivity index (χ2v) is 7.07. The lowest BCUT2D eigenvalue weighted by Crippen LogP contribution is -2.51. The zero-order chi connectivity index (χ0) is 12.6. The van der Waals surface area contributed by atoms with E-state index in [-0.39, 0.29) is 0 Å². The first-order valence-electron chi connectivity index (χ1n) is 8.19. The average Bonchev–Trinajstić information content (AvgIpc) is 2.94. The molecule has 2 aliphatic heterocycles. The molecule has 18 heavy (non-hydrogen) atoms. The number of hydrogen-bond acceptors (Lipinski definition) is 2. The van der Waals surface area contributed by atoms with Crippen LogP contribution in [-0.2, 0) is 0 Å². The maximum absolute atomic E-state index is 3.52. The van der Waals surface area contributed by atoms with Gasteiger partial charge in [0.05, 0.1) is 0 Å². The highest BCUT2D eigenvalue weighted by molar-refractivity contribution is 5.00. The van der Waals surface area contributed by atoms with Gasteiger partial charge in [-0.2, -0.15) is 0 Å². The fourth-order valence-electron chi connectivity index (χ4n) is 4.90. The van der Waals surface area contributed by atoms with Crippen molar-refractivity contribution in [1.82, 2.24) is 10.2 Å². The third kappa shape index (κ3) is 2.22. The summed E-state index contributed by atoms with van der Waals surface area (Å²) in [7, 11) is 2.14. The van der Waals surface area contributed by atoms with Crippen molar-refractivity contribution in [3.63, 3.8) is 0 Å². The molecule has 2 heteroatoms. The van der Waals surface area contributed by atoms with Crippen molar-refractivity contribution < 1.29 is 0 Å². The highest BCUT2D eigenvalue weighted by atomic mass is 15.2. The van der Waals surface area contributed by atoms with Gasteiger partial charge in [0.25, 0.3) is 0 Å². The lowest BCUT2D eigenvalue weighted by molar-refractivity contribution is 0.0613. The summed E-state index contributed by atoms with van der Waals surface area (Å²) in [6.07, 6.45) is 13.1. The van der Waals surface area contributed by atoms with Gasteiger partial charge in [0.2, 0.25) is 0 Å². The van der Waals surface area contributed by atoms with Gasteiger partial charge in [-0.05, 0) is 57.4 Å². The van der Waals surface area contributed by atoms with Gasteiger partial charge in [-0.1, -0.05) is 19.8 Å². The van der Waals surface area contributed by atoms with Crippen molar-refractivity contribution in [2.45, 2.75) is 82.8 Å². The van der Waals surface area contributed by atoms with Gasteiger partial charge in [-0.25, -0.2) is 0 Å². The van der Waals surface area contributed by atoms with Gasteiger partial charge >= 0.3 is 0 Å². The van der Waals surface area contributed by atoms with Crippen LogP contribution in [0.3, 0.4) is 0 Å². The lowest BCUT2D eigenvalue weighted by atomic mass is 9.81. The Balaban J connectivity index is 1.67. The van der Waals surface area contributed by atoms with Crippen LogP contribution in [0.2, 0.25) is 0 Å². The van der Waals surface area contributed by atoms with Crippen LogP contribution in [0, 0.1) is 5.41 Å². The molecule has 104 valence electrons. The molecular formula is C16H30N2. The molecule has 1 N–H and O–H groups in total. The quantitative estimate of drug-likeness (QED) is 0.824. The zero-order valence-electron chi connectivity index (χ0n) is 12.3. The monoisotopic (exact) mass is 250 g/mol. The first-order chi connectivity index (χ1) is 8.76. The van der Waals surface area contributed by atoms with Gasteiger partial charge in [0.15, 0.2) is 0 Å². The molecule has 2 bridgehead atoms. The molecule has 0 aromatic carbocycles. The van der Waals surface area contributed by atoms with E-state index in [2.05, 4.69) is 24.2 Å². The smallest absolute Gasteiger partial charge is 0.0114 e. The van der Waals surface area contributed by atoms with Crippen molar-refractivity contribution in [3.05, 3.63) is 0 Å². The topological polar surface area (TPSA) is 15.3 Å². The number of nitrogens with zero attached hydrogens (tertiary/aromatic N) is 1. The second-order valence-electron chi connectivity index (χ2n) is 7.07. The molecule has 2 saturated heterocycles. The van der Waals surface area contributed by atoms with Crippen molar-refractivity contribution in [3.8, 4) is 0 Å². The molecule has 2 nitrogen and oxygen atoms in total. The Morgan fingerprint density at radius 3 is 2.22 bits per heavy atom. The SMILES string of the molecule is CCC1(CN2C3CCC2CC(NC)C3)CCCC1. The minimum Gasteiger partial charge on any atom is -0.317 e. The van der Waals surface area contributed by atoms with Gasteiger partial charge in [0.1, 0.15) is 0 Å². The van der Waals surface area contributed by atoms with E-state index >= 15 is 0 Å². The highest BCUT2D eigenvalue weighted by Gasteiger charge is 2.44. The average molecular weight is 250 g/mol. The number of nitrogens with one attached hydrogen (secondary N) is 1. The first kappa shape index (κ1) is 12.9. The Morgan fingerprint density at radius 1 is 1.11 bits per heavy atom. The molecule has 1 aliphatic carbocycles. The van der Waals surface area contributed by atoms with E-state index in [0.29, 0.717) is 5.41 Å². The molecule has 2 unspecified atom stereocenters. The van der Waals surface area contributed by atoms with E-state index in [1.54, 1.807) is 0 Å². The fourth-order valence-corrected chi connectivity index (χ4v) is 4.90. The normalized spacial score (nSPS) is 39.3. The van der Waals surface area contributed by atoms with Gasteiger partial charge in [-0.15, -0.1) is 0 Å². The van der Waals surface area contributed by atoms with Gasteiger partial charge in [0, 0.05) is 24.7 Å². The summed E-state index contributed by atoms with van der Waals surface area (Å²) in [5, 5.41) is 3.52. The van der Waals surface area contributed by atoms with Crippen LogP contribution in [0.25, 0.3) is 0 Å². The summed E-state index contributed by atoms with van der Waals surface area (Å²) in [5.74, 6) is 0. The fraction of sp³-hybridized carbons (Fsp3) is 1.00. The van der Waals surface area contributed by atoms with Crippen molar-refractivity contribution in [1.29, 1.82) is 0 Å². The molecule has 1 saturated carbocycles. The Morgan fingerprint density at radius 2 is 1.72 bits per heavy atom. The molecule has 3 rings (SSSR count). The Kier molecular flexibility index (Phi) is 3.68. The molecule has 3 fully saturated rings. The summed E-state index contributed by atoms with van der Waals surface area (Å²) in [6.45, 7) is 3.84. The van der Waals surface area contributed by atoms with Crippen LogP contribution >= 0.6 is 0 Å². The van der Waals surface area contributed by atoms with Gasteiger partial charge < -0.3 is 5.32 Å². The van der Waals surface area contributed by atoms with Crippen LogP contribution in [0.15, 0.2) is 0 Å².